The molecule has 1 aliphatic rings. The van der Waals surface area contributed by atoms with Crippen LogP contribution in [0, 0.1) is 5.92 Å². The van der Waals surface area contributed by atoms with Crippen molar-refractivity contribution in [1.29, 1.82) is 0 Å². The molecule has 92 valence electrons. The SMILES string of the molecule is CC(NC(=O)CNC(=O)CN)C1CCCC1. The first-order chi connectivity index (χ1) is 7.63. The van der Waals surface area contributed by atoms with Gasteiger partial charge in [-0.2, -0.15) is 0 Å². The molecule has 0 aromatic carbocycles. The van der Waals surface area contributed by atoms with E-state index in [0.29, 0.717) is 5.92 Å². The maximum Gasteiger partial charge on any atom is 0.239 e. The normalized spacial score (nSPS) is 18.1. The molecule has 1 saturated carbocycles. The van der Waals surface area contributed by atoms with Crippen LogP contribution in [0.2, 0.25) is 0 Å². The highest BCUT2D eigenvalue weighted by Crippen LogP contribution is 2.27. The quantitative estimate of drug-likeness (QED) is 0.606. The largest absolute Gasteiger partial charge is 0.352 e. The topological polar surface area (TPSA) is 84.2 Å². The van der Waals surface area contributed by atoms with Gasteiger partial charge < -0.3 is 16.4 Å². The summed E-state index contributed by atoms with van der Waals surface area (Å²) >= 11 is 0. The summed E-state index contributed by atoms with van der Waals surface area (Å²) in [4.78, 5) is 22.3. The molecule has 0 spiro atoms. The highest BCUT2D eigenvalue weighted by atomic mass is 16.2. The maximum atomic E-state index is 11.5. The molecular weight excluding hydrogens is 206 g/mol. The molecule has 1 fully saturated rings. The Morgan fingerprint density at radius 3 is 2.50 bits per heavy atom. The third-order valence-electron chi connectivity index (χ3n) is 3.13. The van der Waals surface area contributed by atoms with Crippen LogP contribution in [0.25, 0.3) is 0 Å². The summed E-state index contributed by atoms with van der Waals surface area (Å²) in [5, 5.41) is 5.36. The van der Waals surface area contributed by atoms with Crippen LogP contribution in [0.15, 0.2) is 0 Å². The molecule has 16 heavy (non-hydrogen) atoms. The van der Waals surface area contributed by atoms with Gasteiger partial charge in [-0.25, -0.2) is 0 Å². The molecule has 5 nitrogen and oxygen atoms in total. The Morgan fingerprint density at radius 2 is 1.94 bits per heavy atom. The van der Waals surface area contributed by atoms with Crippen molar-refractivity contribution in [2.45, 2.75) is 38.6 Å². The minimum absolute atomic E-state index is 0.0209. The second-order valence-electron chi connectivity index (χ2n) is 4.38. The number of rotatable bonds is 5. The Labute approximate surface area is 96.1 Å². The van der Waals surface area contributed by atoms with E-state index in [2.05, 4.69) is 10.6 Å². The predicted molar refractivity (Wildman–Crippen MR) is 61.6 cm³/mol. The monoisotopic (exact) mass is 227 g/mol. The molecule has 0 aromatic heterocycles. The number of nitrogens with one attached hydrogen (secondary N) is 2. The lowest BCUT2D eigenvalue weighted by atomic mass is 10.00. The van der Waals surface area contributed by atoms with E-state index in [1.807, 2.05) is 6.92 Å². The molecule has 0 saturated heterocycles. The number of carbonyl (C=O) groups is 2. The Bertz CT molecular complexity index is 250. The number of amides is 2. The number of hydrogen-bond acceptors (Lipinski definition) is 3. The lowest BCUT2D eigenvalue weighted by Crippen LogP contribution is -2.44. The second-order valence-corrected chi connectivity index (χ2v) is 4.38. The minimum Gasteiger partial charge on any atom is -0.352 e. The van der Waals surface area contributed by atoms with Gasteiger partial charge in [0.05, 0.1) is 13.1 Å². The van der Waals surface area contributed by atoms with Gasteiger partial charge >= 0.3 is 0 Å². The van der Waals surface area contributed by atoms with E-state index < -0.39 is 0 Å². The van der Waals surface area contributed by atoms with E-state index in [9.17, 15) is 9.59 Å². The molecule has 0 heterocycles. The molecule has 0 aliphatic heterocycles. The van der Waals surface area contributed by atoms with Crippen LogP contribution in [0.3, 0.4) is 0 Å². The molecule has 0 aromatic rings. The van der Waals surface area contributed by atoms with Gasteiger partial charge in [0.25, 0.3) is 0 Å². The van der Waals surface area contributed by atoms with Crippen LogP contribution in [-0.4, -0.2) is 30.9 Å². The average Bonchev–Trinajstić information content (AvgIpc) is 2.79. The Morgan fingerprint density at radius 1 is 1.31 bits per heavy atom. The van der Waals surface area contributed by atoms with Crippen molar-refractivity contribution in [3.8, 4) is 0 Å². The smallest absolute Gasteiger partial charge is 0.239 e. The fourth-order valence-electron chi connectivity index (χ4n) is 2.13. The standard InChI is InChI=1S/C11H21N3O2/c1-8(9-4-2-3-5-9)14-11(16)7-13-10(15)6-12/h8-9H,2-7,12H2,1H3,(H,13,15)(H,14,16). The van der Waals surface area contributed by atoms with Crippen molar-refractivity contribution in [1.82, 2.24) is 10.6 Å². The number of nitrogens with two attached hydrogens (primary N) is 1. The van der Waals surface area contributed by atoms with E-state index in [-0.39, 0.29) is 30.9 Å². The molecule has 1 rings (SSSR count). The summed E-state index contributed by atoms with van der Waals surface area (Å²) in [6, 6.07) is 0.199. The summed E-state index contributed by atoms with van der Waals surface area (Å²) in [7, 11) is 0. The third-order valence-corrected chi connectivity index (χ3v) is 3.13. The molecule has 0 bridgehead atoms. The van der Waals surface area contributed by atoms with E-state index in [0.717, 1.165) is 0 Å². The Balaban J connectivity index is 2.19. The summed E-state index contributed by atoms with van der Waals surface area (Å²) in [6.45, 7) is 1.97. The van der Waals surface area contributed by atoms with Crippen LogP contribution < -0.4 is 16.4 Å². The van der Waals surface area contributed by atoms with Crippen LogP contribution >= 0.6 is 0 Å². The van der Waals surface area contributed by atoms with E-state index in [1.54, 1.807) is 0 Å². The van der Waals surface area contributed by atoms with Gasteiger partial charge in [-0.1, -0.05) is 12.8 Å². The fraction of sp³-hybridized carbons (Fsp3) is 0.818. The van der Waals surface area contributed by atoms with Crippen LogP contribution in [0.4, 0.5) is 0 Å². The molecule has 1 aliphatic carbocycles. The molecule has 2 amide bonds. The van der Waals surface area contributed by atoms with Crippen molar-refractivity contribution in [2.24, 2.45) is 11.7 Å². The molecule has 4 N–H and O–H groups in total. The van der Waals surface area contributed by atoms with Crippen molar-refractivity contribution in [2.75, 3.05) is 13.1 Å². The Hall–Kier alpha value is -1.10. The average molecular weight is 227 g/mol. The van der Waals surface area contributed by atoms with E-state index in [4.69, 9.17) is 5.73 Å². The summed E-state index contributed by atoms with van der Waals surface area (Å²) in [5.41, 5.74) is 5.12. The van der Waals surface area contributed by atoms with Crippen LogP contribution in [0.5, 0.6) is 0 Å². The first-order valence-corrected chi connectivity index (χ1v) is 5.89. The first kappa shape index (κ1) is 13.0. The van der Waals surface area contributed by atoms with Crippen molar-refractivity contribution >= 4 is 11.8 Å². The fourth-order valence-corrected chi connectivity index (χ4v) is 2.13. The Kier molecular flexibility index (Phi) is 5.25. The summed E-state index contributed by atoms with van der Waals surface area (Å²) in [5.74, 6) is 0.152. The zero-order valence-electron chi connectivity index (χ0n) is 9.79. The first-order valence-electron chi connectivity index (χ1n) is 5.89. The third kappa shape index (κ3) is 4.18. The number of carbonyl (C=O) groups excluding carboxylic acids is 2. The molecule has 5 heteroatoms. The van der Waals surface area contributed by atoms with Gasteiger partial charge in [-0.15, -0.1) is 0 Å². The van der Waals surface area contributed by atoms with Gasteiger partial charge in [-0.3, -0.25) is 9.59 Å². The number of hydrogen-bond donors (Lipinski definition) is 3. The molecule has 0 radical (unpaired) electrons. The van der Waals surface area contributed by atoms with Gasteiger partial charge in [0, 0.05) is 6.04 Å². The van der Waals surface area contributed by atoms with Crippen molar-refractivity contribution in [3.63, 3.8) is 0 Å². The second kappa shape index (κ2) is 6.48. The van der Waals surface area contributed by atoms with Crippen molar-refractivity contribution < 1.29 is 9.59 Å². The molecular formula is C11H21N3O2. The van der Waals surface area contributed by atoms with Gasteiger partial charge in [0.2, 0.25) is 11.8 Å². The lowest BCUT2D eigenvalue weighted by Gasteiger charge is -2.20. The van der Waals surface area contributed by atoms with E-state index in [1.165, 1.54) is 25.7 Å². The van der Waals surface area contributed by atoms with Crippen molar-refractivity contribution in [3.05, 3.63) is 0 Å². The summed E-state index contributed by atoms with van der Waals surface area (Å²) in [6.07, 6.45) is 4.90. The van der Waals surface area contributed by atoms with Gasteiger partial charge in [-0.05, 0) is 25.7 Å². The summed E-state index contributed by atoms with van der Waals surface area (Å²) < 4.78 is 0. The van der Waals surface area contributed by atoms with Gasteiger partial charge in [0.1, 0.15) is 0 Å². The lowest BCUT2D eigenvalue weighted by molar-refractivity contribution is -0.125. The van der Waals surface area contributed by atoms with Crippen LogP contribution in [-0.2, 0) is 9.59 Å². The van der Waals surface area contributed by atoms with Crippen LogP contribution in [0.1, 0.15) is 32.6 Å². The highest BCUT2D eigenvalue weighted by Gasteiger charge is 2.22. The zero-order chi connectivity index (χ0) is 12.0. The zero-order valence-corrected chi connectivity index (χ0v) is 9.79. The maximum absolute atomic E-state index is 11.5. The van der Waals surface area contributed by atoms with E-state index >= 15 is 0 Å². The van der Waals surface area contributed by atoms with Gasteiger partial charge in [0.15, 0.2) is 0 Å². The molecule has 1 atom stereocenters. The highest BCUT2D eigenvalue weighted by molar-refractivity contribution is 5.85. The predicted octanol–water partition coefficient (Wildman–Crippen LogP) is -0.244. The minimum atomic E-state index is -0.302. The molecule has 1 unspecified atom stereocenters.